The molecule has 0 N–H and O–H groups in total. The van der Waals surface area contributed by atoms with Crippen molar-refractivity contribution < 1.29 is 17.7 Å². The summed E-state index contributed by atoms with van der Waals surface area (Å²) in [6.07, 6.45) is 8.68. The molecular weight excluding hydrogens is 565 g/mol. The van der Waals surface area contributed by atoms with Crippen molar-refractivity contribution in [3.63, 3.8) is 0 Å². The summed E-state index contributed by atoms with van der Waals surface area (Å²) in [5.41, 5.74) is 5.87. The van der Waals surface area contributed by atoms with Crippen LogP contribution < -0.4 is 4.90 Å². The molecule has 1 unspecified atom stereocenters. The van der Waals surface area contributed by atoms with E-state index in [0.717, 1.165) is 42.4 Å². The quantitative estimate of drug-likeness (QED) is 0.181. The third-order valence-corrected chi connectivity index (χ3v) is 9.84. The monoisotopic (exact) mass is 607 g/mol. The number of allylic oxidation sites excluding steroid dienone is 4. The molecule has 0 aliphatic carbocycles. The molecule has 2 nitrogen and oxygen atoms in total. The summed E-state index contributed by atoms with van der Waals surface area (Å²) in [4.78, 5) is 2.28. The van der Waals surface area contributed by atoms with Gasteiger partial charge in [0.05, 0.1) is 10.8 Å². The van der Waals surface area contributed by atoms with E-state index in [0.29, 0.717) is 11.5 Å². The van der Waals surface area contributed by atoms with Gasteiger partial charge in [-0.05, 0) is 98.9 Å². The first-order valence-corrected chi connectivity index (χ1v) is 16.0. The van der Waals surface area contributed by atoms with Crippen LogP contribution in [0.15, 0.2) is 96.7 Å². The highest BCUT2D eigenvalue weighted by molar-refractivity contribution is 6.07. The number of halogens is 3. The van der Waals surface area contributed by atoms with E-state index in [1.807, 2.05) is 6.07 Å². The van der Waals surface area contributed by atoms with Crippen LogP contribution >= 0.6 is 0 Å². The molecule has 2 aliphatic rings. The summed E-state index contributed by atoms with van der Waals surface area (Å²) >= 11 is 0. The van der Waals surface area contributed by atoms with E-state index in [1.54, 1.807) is 6.07 Å². The summed E-state index contributed by atoms with van der Waals surface area (Å²) in [7, 11) is 2.13. The second-order valence-corrected chi connectivity index (χ2v) is 13.8. The largest absolute Gasteiger partial charge is 0.344 e. The molecule has 0 fully saturated rings. The number of rotatable bonds is 8. The number of hydrogen-bond donors (Lipinski definition) is 0. The van der Waals surface area contributed by atoms with Gasteiger partial charge in [-0.1, -0.05) is 56.3 Å². The van der Waals surface area contributed by atoms with Crippen molar-refractivity contribution >= 4 is 27.9 Å². The minimum absolute atomic E-state index is 0.220. The van der Waals surface area contributed by atoms with Gasteiger partial charge in [-0.2, -0.15) is 4.58 Å². The summed E-state index contributed by atoms with van der Waals surface area (Å²) in [6.45, 7) is 11.8. The molecule has 4 aromatic carbocycles. The van der Waals surface area contributed by atoms with Gasteiger partial charge < -0.3 is 4.90 Å². The number of anilines is 1. The normalized spacial score (nSPS) is 19.9. The van der Waals surface area contributed by atoms with Gasteiger partial charge in [-0.15, -0.1) is 0 Å². The predicted octanol–water partition coefficient (Wildman–Crippen LogP) is 10.2. The highest BCUT2D eigenvalue weighted by Crippen LogP contribution is 2.50. The molecule has 0 aromatic heterocycles. The summed E-state index contributed by atoms with van der Waals surface area (Å²) in [5, 5.41) is 2.44. The second kappa shape index (κ2) is 11.7. The molecule has 2 aliphatic heterocycles. The molecule has 0 saturated carbocycles. The van der Waals surface area contributed by atoms with Gasteiger partial charge in [0.15, 0.2) is 5.71 Å². The first-order chi connectivity index (χ1) is 21.4. The fourth-order valence-corrected chi connectivity index (χ4v) is 7.50. The number of benzene rings is 4. The Morgan fingerprint density at radius 1 is 0.867 bits per heavy atom. The van der Waals surface area contributed by atoms with Crippen LogP contribution in [-0.4, -0.2) is 23.9 Å². The van der Waals surface area contributed by atoms with Crippen molar-refractivity contribution in [2.24, 2.45) is 5.92 Å². The molecule has 4 aromatic rings. The molecule has 0 spiro atoms. The Kier molecular flexibility index (Phi) is 8.01. The van der Waals surface area contributed by atoms with E-state index in [1.165, 1.54) is 45.9 Å². The van der Waals surface area contributed by atoms with Gasteiger partial charge in [0.1, 0.15) is 24.5 Å². The van der Waals surface area contributed by atoms with Crippen LogP contribution in [0.25, 0.3) is 10.8 Å². The summed E-state index contributed by atoms with van der Waals surface area (Å²) < 4.78 is 46.1. The molecule has 0 saturated heterocycles. The molecular formula is C40H42F3N2+. The number of fused-ring (bicyclic) bond motifs is 4. The average molecular weight is 608 g/mol. The third kappa shape index (κ3) is 5.41. The van der Waals surface area contributed by atoms with Crippen LogP contribution in [-0.2, 0) is 17.3 Å². The Morgan fingerprint density at radius 3 is 2.36 bits per heavy atom. The fraction of sp³-hybridized carbons (Fsp3) is 0.325. The van der Waals surface area contributed by atoms with Gasteiger partial charge in [0, 0.05) is 41.1 Å². The first kappa shape index (κ1) is 30.9. The first-order valence-electron chi connectivity index (χ1n) is 16.0. The fourth-order valence-electron chi connectivity index (χ4n) is 7.50. The molecule has 0 radical (unpaired) electrons. The van der Waals surface area contributed by atoms with Gasteiger partial charge in [0.25, 0.3) is 0 Å². The minimum Gasteiger partial charge on any atom is -0.344 e. The lowest BCUT2D eigenvalue weighted by molar-refractivity contribution is -0.399. The van der Waals surface area contributed by atoms with Gasteiger partial charge >= 0.3 is 0 Å². The van der Waals surface area contributed by atoms with E-state index in [-0.39, 0.29) is 17.7 Å². The van der Waals surface area contributed by atoms with Gasteiger partial charge in [-0.25, -0.2) is 13.2 Å². The molecule has 232 valence electrons. The van der Waals surface area contributed by atoms with Crippen molar-refractivity contribution in [1.29, 1.82) is 0 Å². The SMILES string of the molecule is CC(C)CCCN1C(=CC=CC2=[N+](C)c3c(ccc4ccccc34)C2(C)C)C(C)(Cc2ccc(F)cc2F)c2cc(F)ccc21. The van der Waals surface area contributed by atoms with Crippen molar-refractivity contribution in [2.45, 2.75) is 64.7 Å². The summed E-state index contributed by atoms with van der Waals surface area (Å²) in [5.74, 6) is -0.963. The van der Waals surface area contributed by atoms with Crippen LogP contribution in [0.1, 0.15) is 64.2 Å². The zero-order chi connectivity index (χ0) is 32.1. The lowest BCUT2D eigenvalue weighted by atomic mass is 9.76. The van der Waals surface area contributed by atoms with Crippen LogP contribution in [0.3, 0.4) is 0 Å². The van der Waals surface area contributed by atoms with Gasteiger partial charge in [-0.3, -0.25) is 0 Å². The van der Waals surface area contributed by atoms with Crippen LogP contribution in [0, 0.1) is 23.4 Å². The van der Waals surface area contributed by atoms with Crippen molar-refractivity contribution in [3.05, 3.63) is 131 Å². The maximum atomic E-state index is 15.1. The molecule has 0 bridgehead atoms. The maximum absolute atomic E-state index is 15.1. The van der Waals surface area contributed by atoms with E-state index >= 15 is 4.39 Å². The maximum Gasteiger partial charge on any atom is 0.217 e. The smallest absolute Gasteiger partial charge is 0.217 e. The van der Waals surface area contributed by atoms with E-state index < -0.39 is 17.0 Å². The molecule has 0 amide bonds. The molecule has 1 atom stereocenters. The van der Waals surface area contributed by atoms with E-state index in [2.05, 4.69) is 106 Å². The summed E-state index contributed by atoms with van der Waals surface area (Å²) in [6, 6.07) is 21.6. The lowest BCUT2D eigenvalue weighted by Gasteiger charge is -2.31. The Balaban J connectivity index is 1.46. The van der Waals surface area contributed by atoms with Crippen molar-refractivity contribution in [1.82, 2.24) is 0 Å². The van der Waals surface area contributed by atoms with E-state index in [9.17, 15) is 8.78 Å². The Bertz CT molecular complexity index is 1880. The molecule has 45 heavy (non-hydrogen) atoms. The van der Waals surface area contributed by atoms with Crippen LogP contribution in [0.5, 0.6) is 0 Å². The average Bonchev–Trinajstić information content (AvgIpc) is 3.33. The lowest BCUT2D eigenvalue weighted by Crippen LogP contribution is -2.31. The Labute approximate surface area is 265 Å². The van der Waals surface area contributed by atoms with Crippen molar-refractivity contribution in [2.75, 3.05) is 18.5 Å². The third-order valence-electron chi connectivity index (χ3n) is 9.84. The molecule has 5 heteroatoms. The predicted molar refractivity (Wildman–Crippen MR) is 180 cm³/mol. The zero-order valence-corrected chi connectivity index (χ0v) is 27.1. The van der Waals surface area contributed by atoms with E-state index in [4.69, 9.17) is 0 Å². The number of hydrogen-bond acceptors (Lipinski definition) is 1. The zero-order valence-electron chi connectivity index (χ0n) is 27.1. The highest BCUT2D eigenvalue weighted by atomic mass is 19.1. The molecule has 2 heterocycles. The van der Waals surface area contributed by atoms with Crippen LogP contribution in [0.4, 0.5) is 24.5 Å². The minimum atomic E-state index is -0.737. The molecule has 6 rings (SSSR count). The number of nitrogens with zero attached hydrogens (tertiary/aromatic N) is 2. The second-order valence-electron chi connectivity index (χ2n) is 13.8. The van der Waals surface area contributed by atoms with Crippen LogP contribution in [0.2, 0.25) is 0 Å². The van der Waals surface area contributed by atoms with Crippen molar-refractivity contribution in [3.8, 4) is 0 Å². The Hall–Kier alpha value is -4.12. The topological polar surface area (TPSA) is 6.25 Å². The highest BCUT2D eigenvalue weighted by Gasteiger charge is 2.45. The Morgan fingerprint density at radius 2 is 1.60 bits per heavy atom. The van der Waals surface area contributed by atoms with Gasteiger partial charge in [0.2, 0.25) is 5.69 Å². The standard InChI is InChI=1S/C40H42F3N2/c1-26(2)11-10-22-45-35-21-19-29(41)23-33(35)40(5,25-28-16-18-30(42)24-34(28)43)37(45)15-9-14-36-39(3,4)32-20-17-27-12-7-8-13-31(27)38(32)44(36)6/h7-9,12-21,23-24,26H,10-11,22,25H2,1-6H3/q+1.